The summed E-state index contributed by atoms with van der Waals surface area (Å²) in [5, 5.41) is 7.21. The molecule has 0 amide bonds. The Morgan fingerprint density at radius 2 is 2.22 bits per heavy atom. The van der Waals surface area contributed by atoms with Gasteiger partial charge in [-0.05, 0) is 38.3 Å². The van der Waals surface area contributed by atoms with E-state index in [9.17, 15) is 8.42 Å². The summed E-state index contributed by atoms with van der Waals surface area (Å²) in [5.41, 5.74) is 0. The zero-order chi connectivity index (χ0) is 13.0. The summed E-state index contributed by atoms with van der Waals surface area (Å²) in [6, 6.07) is 1.65. The van der Waals surface area contributed by atoms with Crippen LogP contribution >= 0.6 is 0 Å². The van der Waals surface area contributed by atoms with Gasteiger partial charge in [0.1, 0.15) is 5.82 Å². The Balaban J connectivity index is 1.85. The predicted molar refractivity (Wildman–Crippen MR) is 70.8 cm³/mol. The first-order chi connectivity index (χ1) is 8.57. The summed E-state index contributed by atoms with van der Waals surface area (Å²) in [6.45, 7) is 2.00. The molecule has 0 bridgehead atoms. The number of rotatable bonds is 5. The van der Waals surface area contributed by atoms with Gasteiger partial charge in [-0.2, -0.15) is 5.10 Å². The van der Waals surface area contributed by atoms with Crippen molar-refractivity contribution in [3.63, 3.8) is 0 Å². The maximum Gasteiger partial charge on any atom is 0.233 e. The van der Waals surface area contributed by atoms with Crippen molar-refractivity contribution in [2.24, 2.45) is 13.0 Å². The van der Waals surface area contributed by atoms with Crippen LogP contribution in [0.2, 0.25) is 0 Å². The van der Waals surface area contributed by atoms with E-state index in [1.54, 1.807) is 19.3 Å². The molecule has 2 heterocycles. The number of hydrogen-bond acceptors (Lipinski definition) is 4. The van der Waals surface area contributed by atoms with E-state index >= 15 is 0 Å². The number of aromatic nitrogens is 2. The molecule has 1 aromatic rings. The van der Waals surface area contributed by atoms with E-state index in [-0.39, 0.29) is 5.75 Å². The van der Waals surface area contributed by atoms with Gasteiger partial charge in [0, 0.05) is 13.1 Å². The second-order valence-corrected chi connectivity index (χ2v) is 6.58. The smallest absolute Gasteiger partial charge is 0.233 e. The zero-order valence-electron chi connectivity index (χ0n) is 10.6. The van der Waals surface area contributed by atoms with E-state index in [2.05, 4.69) is 15.1 Å². The van der Waals surface area contributed by atoms with Crippen LogP contribution in [0, 0.1) is 5.92 Å². The lowest BCUT2D eigenvalue weighted by Gasteiger charge is -2.22. The quantitative estimate of drug-likeness (QED) is 0.821. The van der Waals surface area contributed by atoms with Crippen molar-refractivity contribution in [3.8, 4) is 0 Å². The van der Waals surface area contributed by atoms with Crippen LogP contribution in [0.3, 0.4) is 0 Å². The highest BCUT2D eigenvalue weighted by Gasteiger charge is 2.18. The third-order valence-electron chi connectivity index (χ3n) is 3.33. The number of piperidine rings is 1. The van der Waals surface area contributed by atoms with E-state index < -0.39 is 10.0 Å². The van der Waals surface area contributed by atoms with Gasteiger partial charge in [0.2, 0.25) is 10.0 Å². The minimum Gasteiger partial charge on any atom is -0.317 e. The molecule has 0 atom stereocenters. The number of aryl methyl sites for hydroxylation is 1. The Morgan fingerprint density at radius 1 is 1.50 bits per heavy atom. The summed E-state index contributed by atoms with van der Waals surface area (Å²) in [7, 11) is -1.54. The molecule has 1 aromatic heterocycles. The van der Waals surface area contributed by atoms with Crippen LogP contribution in [0.15, 0.2) is 12.3 Å². The van der Waals surface area contributed by atoms with E-state index in [0.29, 0.717) is 11.7 Å². The number of anilines is 1. The van der Waals surface area contributed by atoms with E-state index in [4.69, 9.17) is 0 Å². The van der Waals surface area contributed by atoms with E-state index in [0.717, 1.165) is 32.4 Å². The molecule has 102 valence electrons. The van der Waals surface area contributed by atoms with Gasteiger partial charge < -0.3 is 5.32 Å². The minimum atomic E-state index is -3.26. The van der Waals surface area contributed by atoms with Gasteiger partial charge in [-0.1, -0.05) is 0 Å². The number of nitrogens with one attached hydrogen (secondary N) is 2. The van der Waals surface area contributed by atoms with Gasteiger partial charge in [0.05, 0.1) is 11.9 Å². The first kappa shape index (κ1) is 13.4. The lowest BCUT2D eigenvalue weighted by molar-refractivity contribution is 0.365. The molecule has 1 aliphatic heterocycles. The van der Waals surface area contributed by atoms with Crippen LogP contribution in [0.1, 0.15) is 19.3 Å². The van der Waals surface area contributed by atoms with Crippen LogP contribution in [-0.2, 0) is 17.1 Å². The number of nitrogens with zero attached hydrogens (tertiary/aromatic N) is 2. The fraction of sp³-hybridized carbons (Fsp3) is 0.727. The van der Waals surface area contributed by atoms with Crippen molar-refractivity contribution in [2.45, 2.75) is 19.3 Å². The lowest BCUT2D eigenvalue weighted by Crippen LogP contribution is -2.29. The van der Waals surface area contributed by atoms with Crippen molar-refractivity contribution < 1.29 is 8.42 Å². The number of sulfonamides is 1. The van der Waals surface area contributed by atoms with Gasteiger partial charge in [0.25, 0.3) is 0 Å². The molecule has 2 rings (SSSR count). The lowest BCUT2D eigenvalue weighted by atomic mass is 9.96. The maximum absolute atomic E-state index is 11.9. The molecule has 6 nitrogen and oxygen atoms in total. The Hall–Kier alpha value is -1.08. The third kappa shape index (κ3) is 3.71. The summed E-state index contributed by atoms with van der Waals surface area (Å²) in [4.78, 5) is 0. The van der Waals surface area contributed by atoms with Gasteiger partial charge in [0.15, 0.2) is 0 Å². The van der Waals surface area contributed by atoms with Gasteiger partial charge in [-0.25, -0.2) is 8.42 Å². The fourth-order valence-electron chi connectivity index (χ4n) is 2.18. The van der Waals surface area contributed by atoms with Crippen molar-refractivity contribution in [1.82, 2.24) is 15.1 Å². The average molecular weight is 272 g/mol. The highest BCUT2D eigenvalue weighted by atomic mass is 32.2. The van der Waals surface area contributed by atoms with Crippen molar-refractivity contribution in [1.29, 1.82) is 0 Å². The van der Waals surface area contributed by atoms with Crippen LogP contribution in [0.4, 0.5) is 5.82 Å². The second-order valence-electron chi connectivity index (χ2n) is 4.74. The summed E-state index contributed by atoms with van der Waals surface area (Å²) < 4.78 is 27.9. The predicted octanol–water partition coefficient (Wildman–Crippen LogP) is 0.551. The standard InChI is InChI=1S/C11H20N4O2S/c1-15-11(4-8-13-15)14-18(16,17)9-5-10-2-6-12-7-3-10/h4,8,10,12,14H,2-3,5-7,9H2,1H3. The molecule has 2 N–H and O–H groups in total. The van der Waals surface area contributed by atoms with Gasteiger partial charge in [-0.15, -0.1) is 0 Å². The first-order valence-corrected chi connectivity index (χ1v) is 7.91. The monoisotopic (exact) mass is 272 g/mol. The summed E-state index contributed by atoms with van der Waals surface area (Å²) >= 11 is 0. The zero-order valence-corrected chi connectivity index (χ0v) is 11.4. The summed E-state index contributed by atoms with van der Waals surface area (Å²) in [6.07, 6.45) is 4.45. The van der Waals surface area contributed by atoms with Crippen molar-refractivity contribution >= 4 is 15.8 Å². The van der Waals surface area contributed by atoms with E-state index in [1.165, 1.54) is 4.68 Å². The second kappa shape index (κ2) is 5.71. The van der Waals surface area contributed by atoms with Gasteiger partial charge >= 0.3 is 0 Å². The summed E-state index contributed by atoms with van der Waals surface area (Å²) in [5.74, 6) is 1.22. The molecular formula is C11H20N4O2S. The molecule has 0 aromatic carbocycles. The molecule has 1 saturated heterocycles. The minimum absolute atomic E-state index is 0.183. The van der Waals surface area contributed by atoms with Crippen LogP contribution in [-0.4, -0.2) is 37.0 Å². The molecule has 7 heteroatoms. The maximum atomic E-state index is 11.9. The molecule has 18 heavy (non-hydrogen) atoms. The van der Waals surface area contributed by atoms with Crippen molar-refractivity contribution in [3.05, 3.63) is 12.3 Å². The molecule has 1 fully saturated rings. The Labute approximate surface area is 108 Å². The first-order valence-electron chi connectivity index (χ1n) is 6.26. The molecular weight excluding hydrogens is 252 g/mol. The van der Waals surface area contributed by atoms with Gasteiger partial charge in [-0.3, -0.25) is 9.40 Å². The molecule has 0 spiro atoms. The SMILES string of the molecule is Cn1nccc1NS(=O)(=O)CCC1CCNCC1. The van der Waals surface area contributed by atoms with E-state index in [1.807, 2.05) is 0 Å². The number of hydrogen-bond donors (Lipinski definition) is 2. The third-order valence-corrected chi connectivity index (χ3v) is 4.63. The van der Waals surface area contributed by atoms with Crippen LogP contribution in [0.25, 0.3) is 0 Å². The molecule has 0 aliphatic carbocycles. The highest BCUT2D eigenvalue weighted by Crippen LogP contribution is 2.17. The normalized spacial score (nSPS) is 17.8. The molecule has 0 unspecified atom stereocenters. The molecule has 0 radical (unpaired) electrons. The Morgan fingerprint density at radius 3 is 2.83 bits per heavy atom. The fourth-order valence-corrected chi connectivity index (χ4v) is 3.44. The molecule has 1 aliphatic rings. The van der Waals surface area contributed by atoms with Crippen LogP contribution < -0.4 is 10.0 Å². The average Bonchev–Trinajstić information content (AvgIpc) is 2.73. The topological polar surface area (TPSA) is 76.0 Å². The van der Waals surface area contributed by atoms with Crippen LogP contribution in [0.5, 0.6) is 0 Å². The largest absolute Gasteiger partial charge is 0.317 e. The Bertz CT molecular complexity index is 477. The highest BCUT2D eigenvalue weighted by molar-refractivity contribution is 7.92. The molecule has 0 saturated carbocycles. The van der Waals surface area contributed by atoms with Crippen molar-refractivity contribution in [2.75, 3.05) is 23.6 Å². The Kier molecular flexibility index (Phi) is 4.23.